The van der Waals surface area contributed by atoms with Crippen LogP contribution in [0.2, 0.25) is 0 Å². The van der Waals surface area contributed by atoms with Crippen molar-refractivity contribution in [2.75, 3.05) is 6.61 Å². The minimum absolute atomic E-state index is 0.307. The molecule has 0 unspecified atom stereocenters. The van der Waals surface area contributed by atoms with Crippen molar-refractivity contribution in [3.8, 4) is 0 Å². The maximum atomic E-state index is 13.5. The van der Waals surface area contributed by atoms with Gasteiger partial charge in [0.15, 0.2) is 17.5 Å². The first-order chi connectivity index (χ1) is 9.33. The highest BCUT2D eigenvalue weighted by Crippen LogP contribution is 2.21. The molecule has 0 saturated carbocycles. The zero-order valence-corrected chi connectivity index (χ0v) is 11.5. The highest BCUT2D eigenvalue weighted by molar-refractivity contribution is 7.89. The van der Waals surface area contributed by atoms with Crippen LogP contribution in [0.25, 0.3) is 0 Å². The van der Waals surface area contributed by atoms with Crippen LogP contribution in [0, 0.1) is 17.5 Å². The average molecular weight is 309 g/mol. The Labute approximate surface area is 115 Å². The molecule has 2 rings (SSSR count). The van der Waals surface area contributed by atoms with E-state index >= 15 is 0 Å². The first-order valence-electron chi connectivity index (χ1n) is 6.10. The van der Waals surface area contributed by atoms with E-state index in [0.29, 0.717) is 25.2 Å². The van der Waals surface area contributed by atoms with E-state index in [1.54, 1.807) is 6.92 Å². The summed E-state index contributed by atoms with van der Waals surface area (Å²) in [5, 5.41) is 0. The van der Waals surface area contributed by atoms with E-state index < -0.39 is 38.4 Å². The maximum Gasteiger partial charge on any atom is 0.243 e. The van der Waals surface area contributed by atoms with Crippen LogP contribution in [0.5, 0.6) is 0 Å². The van der Waals surface area contributed by atoms with Crippen LogP contribution in [-0.2, 0) is 14.8 Å². The molecular weight excluding hydrogens is 295 g/mol. The molecule has 2 atom stereocenters. The van der Waals surface area contributed by atoms with Crippen molar-refractivity contribution >= 4 is 10.0 Å². The standard InChI is InChI=1S/C12H14F3NO3S/c1-7(9-3-2-6-19-9)16-20(17,18)10-5-4-8(13)11(14)12(10)15/h4-5,7,9,16H,2-3,6H2,1H3/t7-,9-/m1/s1. The monoisotopic (exact) mass is 309 g/mol. The Hall–Kier alpha value is -1.12. The van der Waals surface area contributed by atoms with Crippen LogP contribution < -0.4 is 4.72 Å². The van der Waals surface area contributed by atoms with Gasteiger partial charge >= 0.3 is 0 Å². The maximum absolute atomic E-state index is 13.5. The summed E-state index contributed by atoms with van der Waals surface area (Å²) in [6.45, 7) is 2.11. The van der Waals surface area contributed by atoms with Crippen LogP contribution in [-0.4, -0.2) is 27.2 Å². The summed E-state index contributed by atoms with van der Waals surface area (Å²) < 4.78 is 70.9. The lowest BCUT2D eigenvalue weighted by Gasteiger charge is -2.20. The second kappa shape index (κ2) is 5.71. The van der Waals surface area contributed by atoms with E-state index in [1.165, 1.54) is 0 Å². The van der Waals surface area contributed by atoms with Crippen molar-refractivity contribution in [2.24, 2.45) is 0 Å². The number of sulfonamides is 1. The summed E-state index contributed by atoms with van der Waals surface area (Å²) in [5.74, 6) is -4.97. The molecule has 0 spiro atoms. The van der Waals surface area contributed by atoms with Gasteiger partial charge in [-0.25, -0.2) is 26.3 Å². The fourth-order valence-corrected chi connectivity index (χ4v) is 3.44. The molecule has 1 heterocycles. The molecular formula is C12H14F3NO3S. The van der Waals surface area contributed by atoms with Crippen molar-refractivity contribution in [2.45, 2.75) is 36.8 Å². The normalized spacial score (nSPS) is 21.1. The van der Waals surface area contributed by atoms with E-state index in [2.05, 4.69) is 4.72 Å². The van der Waals surface area contributed by atoms with E-state index in [-0.39, 0.29) is 6.10 Å². The first-order valence-corrected chi connectivity index (χ1v) is 7.58. The van der Waals surface area contributed by atoms with Crippen LogP contribution in [0.4, 0.5) is 13.2 Å². The van der Waals surface area contributed by atoms with Crippen LogP contribution in [0.15, 0.2) is 17.0 Å². The Morgan fingerprint density at radius 1 is 1.30 bits per heavy atom. The van der Waals surface area contributed by atoms with Gasteiger partial charge in [-0.05, 0) is 31.9 Å². The summed E-state index contributed by atoms with van der Waals surface area (Å²) in [5.41, 5.74) is 0. The zero-order valence-electron chi connectivity index (χ0n) is 10.7. The predicted molar refractivity (Wildman–Crippen MR) is 65.1 cm³/mol. The van der Waals surface area contributed by atoms with E-state index in [4.69, 9.17) is 4.74 Å². The molecule has 0 radical (unpaired) electrons. The fourth-order valence-electron chi connectivity index (χ4n) is 2.10. The Morgan fingerprint density at radius 3 is 2.60 bits per heavy atom. The summed E-state index contributed by atoms with van der Waals surface area (Å²) in [4.78, 5) is -0.916. The number of ether oxygens (including phenoxy) is 1. The van der Waals surface area contributed by atoms with Crippen LogP contribution in [0.1, 0.15) is 19.8 Å². The molecule has 20 heavy (non-hydrogen) atoms. The molecule has 1 aliphatic heterocycles. The molecule has 1 saturated heterocycles. The number of hydrogen-bond acceptors (Lipinski definition) is 3. The minimum Gasteiger partial charge on any atom is -0.377 e. The number of halogens is 3. The van der Waals surface area contributed by atoms with Gasteiger partial charge in [0.05, 0.1) is 6.10 Å². The molecule has 1 N–H and O–H groups in total. The van der Waals surface area contributed by atoms with Crippen molar-refractivity contribution < 1.29 is 26.3 Å². The van der Waals surface area contributed by atoms with Crippen LogP contribution >= 0.6 is 0 Å². The fraction of sp³-hybridized carbons (Fsp3) is 0.500. The summed E-state index contributed by atoms with van der Waals surface area (Å²) in [6, 6.07) is 0.678. The van der Waals surface area contributed by atoms with Gasteiger partial charge in [-0.15, -0.1) is 0 Å². The van der Waals surface area contributed by atoms with E-state index in [1.807, 2.05) is 0 Å². The minimum atomic E-state index is -4.28. The molecule has 1 fully saturated rings. The lowest BCUT2D eigenvalue weighted by Crippen LogP contribution is -2.41. The molecule has 0 aromatic heterocycles. The highest BCUT2D eigenvalue weighted by Gasteiger charge is 2.29. The van der Waals surface area contributed by atoms with Gasteiger partial charge in [-0.2, -0.15) is 0 Å². The summed E-state index contributed by atoms with van der Waals surface area (Å²) >= 11 is 0. The Kier molecular flexibility index (Phi) is 4.36. The number of nitrogens with one attached hydrogen (secondary N) is 1. The first kappa shape index (κ1) is 15.3. The molecule has 8 heteroatoms. The molecule has 4 nitrogen and oxygen atoms in total. The van der Waals surface area contributed by atoms with Crippen LogP contribution in [0.3, 0.4) is 0 Å². The number of benzene rings is 1. The zero-order chi connectivity index (χ0) is 14.9. The largest absolute Gasteiger partial charge is 0.377 e. The van der Waals surface area contributed by atoms with E-state index in [9.17, 15) is 21.6 Å². The molecule has 0 bridgehead atoms. The third kappa shape index (κ3) is 2.97. The van der Waals surface area contributed by atoms with Gasteiger partial charge < -0.3 is 4.74 Å². The quantitative estimate of drug-likeness (QED) is 0.865. The SMILES string of the molecule is C[C@@H](NS(=O)(=O)c1ccc(F)c(F)c1F)[C@H]1CCCO1. The Balaban J connectivity index is 2.24. The lowest BCUT2D eigenvalue weighted by molar-refractivity contribution is 0.0902. The molecule has 112 valence electrons. The lowest BCUT2D eigenvalue weighted by atomic mass is 10.1. The van der Waals surface area contributed by atoms with E-state index in [0.717, 1.165) is 6.42 Å². The smallest absolute Gasteiger partial charge is 0.243 e. The van der Waals surface area contributed by atoms with Gasteiger partial charge in [0, 0.05) is 12.6 Å². The third-order valence-corrected chi connectivity index (χ3v) is 4.73. The molecule has 0 aliphatic carbocycles. The Bertz CT molecular complexity index is 600. The Morgan fingerprint density at radius 2 is 2.00 bits per heavy atom. The van der Waals surface area contributed by atoms with Crippen molar-refractivity contribution in [1.29, 1.82) is 0 Å². The molecule has 1 aliphatic rings. The molecule has 0 amide bonds. The molecule has 1 aromatic carbocycles. The third-order valence-electron chi connectivity index (χ3n) is 3.15. The highest BCUT2D eigenvalue weighted by atomic mass is 32.2. The van der Waals surface area contributed by atoms with Crippen molar-refractivity contribution in [1.82, 2.24) is 4.72 Å². The second-order valence-electron chi connectivity index (χ2n) is 4.63. The van der Waals surface area contributed by atoms with Gasteiger partial charge in [-0.1, -0.05) is 0 Å². The number of hydrogen-bond donors (Lipinski definition) is 1. The summed E-state index contributed by atoms with van der Waals surface area (Å²) in [7, 11) is -4.28. The van der Waals surface area contributed by atoms with Gasteiger partial charge in [0.1, 0.15) is 4.90 Å². The van der Waals surface area contributed by atoms with Gasteiger partial charge in [0.2, 0.25) is 10.0 Å². The van der Waals surface area contributed by atoms with Gasteiger partial charge in [0.25, 0.3) is 0 Å². The topological polar surface area (TPSA) is 55.4 Å². The second-order valence-corrected chi connectivity index (χ2v) is 6.32. The summed E-state index contributed by atoms with van der Waals surface area (Å²) in [6.07, 6.45) is 1.19. The average Bonchev–Trinajstić information content (AvgIpc) is 2.89. The van der Waals surface area contributed by atoms with Gasteiger partial charge in [-0.3, -0.25) is 0 Å². The number of rotatable bonds is 4. The van der Waals surface area contributed by atoms with Crippen molar-refractivity contribution in [3.63, 3.8) is 0 Å². The van der Waals surface area contributed by atoms with Crippen molar-refractivity contribution in [3.05, 3.63) is 29.6 Å². The molecule has 1 aromatic rings. The predicted octanol–water partition coefficient (Wildman–Crippen LogP) is 1.95.